The number of rotatable bonds is 12. The molecule has 3 aromatic rings. The molecule has 0 aliphatic rings. The third kappa shape index (κ3) is 7.20. The molecule has 196 valence electrons. The fourth-order valence-corrected chi connectivity index (χ4v) is 5.58. The second-order valence-electron chi connectivity index (χ2n) is 8.80. The number of amides is 2. The Morgan fingerprint density at radius 2 is 1.46 bits per heavy atom. The minimum Gasteiger partial charge on any atom is -0.355 e. The Kier molecular flexibility index (Phi) is 9.85. The van der Waals surface area contributed by atoms with Gasteiger partial charge in [-0.3, -0.25) is 13.9 Å². The van der Waals surface area contributed by atoms with Gasteiger partial charge < -0.3 is 10.2 Å². The Morgan fingerprint density at radius 3 is 2.03 bits per heavy atom. The van der Waals surface area contributed by atoms with Crippen LogP contribution in [0.5, 0.6) is 0 Å². The normalized spacial score (nSPS) is 12.0. The first-order valence-electron chi connectivity index (χ1n) is 12.5. The molecule has 0 radical (unpaired) electrons. The van der Waals surface area contributed by atoms with Crippen molar-refractivity contribution in [2.24, 2.45) is 0 Å². The Hall–Kier alpha value is -3.65. The number of sulfonamides is 1. The number of likely N-dealkylation sites (N-methyl/N-ethyl adjacent to an activating group) is 1. The maximum Gasteiger partial charge on any atom is 0.264 e. The smallest absolute Gasteiger partial charge is 0.264 e. The molecule has 3 aromatic carbocycles. The summed E-state index contributed by atoms with van der Waals surface area (Å²) in [6.07, 6.45) is 0.945. The van der Waals surface area contributed by atoms with Gasteiger partial charge in [-0.25, -0.2) is 8.42 Å². The lowest BCUT2D eigenvalue weighted by molar-refractivity contribution is -0.139. The summed E-state index contributed by atoms with van der Waals surface area (Å²) in [7, 11) is -4.04. The summed E-state index contributed by atoms with van der Waals surface area (Å²) < 4.78 is 28.5. The zero-order valence-corrected chi connectivity index (χ0v) is 22.4. The van der Waals surface area contributed by atoms with Crippen LogP contribution in [0.1, 0.15) is 31.4 Å². The van der Waals surface area contributed by atoms with Crippen LogP contribution in [0.3, 0.4) is 0 Å². The topological polar surface area (TPSA) is 86.8 Å². The van der Waals surface area contributed by atoms with Gasteiger partial charge in [0.1, 0.15) is 12.6 Å². The van der Waals surface area contributed by atoms with Gasteiger partial charge >= 0.3 is 0 Å². The highest BCUT2D eigenvalue weighted by molar-refractivity contribution is 7.92. The van der Waals surface area contributed by atoms with E-state index in [4.69, 9.17) is 0 Å². The Morgan fingerprint density at radius 1 is 0.865 bits per heavy atom. The van der Waals surface area contributed by atoms with Crippen molar-refractivity contribution >= 4 is 27.5 Å². The van der Waals surface area contributed by atoms with E-state index in [2.05, 4.69) is 5.32 Å². The zero-order valence-electron chi connectivity index (χ0n) is 21.6. The van der Waals surface area contributed by atoms with E-state index >= 15 is 0 Å². The second kappa shape index (κ2) is 13.1. The summed E-state index contributed by atoms with van der Waals surface area (Å²) in [6, 6.07) is 24.1. The molecule has 3 rings (SSSR count). The number of hydrogen-bond acceptors (Lipinski definition) is 4. The van der Waals surface area contributed by atoms with Gasteiger partial charge in [-0.2, -0.15) is 0 Å². The van der Waals surface area contributed by atoms with E-state index in [-0.39, 0.29) is 17.3 Å². The summed E-state index contributed by atoms with van der Waals surface area (Å²) in [5, 5.41) is 2.81. The maximum atomic E-state index is 13.8. The van der Waals surface area contributed by atoms with Crippen molar-refractivity contribution in [3.05, 3.63) is 96.1 Å². The largest absolute Gasteiger partial charge is 0.355 e. The molecule has 0 fully saturated rings. The maximum absolute atomic E-state index is 13.8. The Labute approximate surface area is 220 Å². The number of nitrogens with one attached hydrogen (secondary N) is 1. The lowest BCUT2D eigenvalue weighted by Crippen LogP contribution is -2.53. The Balaban J connectivity index is 1.98. The van der Waals surface area contributed by atoms with Crippen molar-refractivity contribution in [2.75, 3.05) is 23.9 Å². The molecule has 7 nitrogen and oxygen atoms in total. The molecule has 37 heavy (non-hydrogen) atoms. The van der Waals surface area contributed by atoms with Gasteiger partial charge in [-0.05, 0) is 56.5 Å². The van der Waals surface area contributed by atoms with Gasteiger partial charge in [0.05, 0.1) is 10.6 Å². The molecular weight excluding hydrogens is 486 g/mol. The van der Waals surface area contributed by atoms with Gasteiger partial charge in [0.25, 0.3) is 10.0 Å². The molecule has 0 saturated heterocycles. The van der Waals surface area contributed by atoms with E-state index in [0.29, 0.717) is 25.1 Å². The van der Waals surface area contributed by atoms with Crippen molar-refractivity contribution < 1.29 is 18.0 Å². The summed E-state index contributed by atoms with van der Waals surface area (Å²) in [4.78, 5) is 28.4. The van der Waals surface area contributed by atoms with E-state index in [1.807, 2.05) is 63.2 Å². The summed E-state index contributed by atoms with van der Waals surface area (Å²) in [6.45, 7) is 5.88. The van der Waals surface area contributed by atoms with Crippen molar-refractivity contribution in [3.63, 3.8) is 0 Å². The second-order valence-corrected chi connectivity index (χ2v) is 10.7. The SMILES string of the molecule is CCNC(=O)C(CC)N(CCc1ccccc1)C(=O)CN(c1ccc(C)cc1)S(=O)(=O)c1ccccc1. The average molecular weight is 522 g/mol. The summed E-state index contributed by atoms with van der Waals surface area (Å²) in [5.41, 5.74) is 2.38. The molecule has 0 bridgehead atoms. The van der Waals surface area contributed by atoms with Crippen molar-refractivity contribution in [2.45, 2.75) is 44.6 Å². The van der Waals surface area contributed by atoms with Crippen LogP contribution in [-0.4, -0.2) is 50.8 Å². The molecule has 1 N–H and O–H groups in total. The van der Waals surface area contributed by atoms with Crippen LogP contribution in [0.4, 0.5) is 5.69 Å². The summed E-state index contributed by atoms with van der Waals surface area (Å²) >= 11 is 0. The Bertz CT molecular complexity index is 1260. The standard InChI is InChI=1S/C29H35N3O4S/c1-4-27(29(34)30-5-2)31(21-20-24-12-8-6-9-13-24)28(33)22-32(25-18-16-23(3)17-19-25)37(35,36)26-14-10-7-11-15-26/h6-19,27H,4-5,20-22H2,1-3H3,(H,30,34). The minimum atomic E-state index is -4.04. The van der Waals surface area contributed by atoms with Crippen LogP contribution >= 0.6 is 0 Å². The number of aryl methyl sites for hydroxylation is 1. The van der Waals surface area contributed by atoms with E-state index in [1.165, 1.54) is 17.0 Å². The summed E-state index contributed by atoms with van der Waals surface area (Å²) in [5.74, 6) is -0.687. The minimum absolute atomic E-state index is 0.0926. The van der Waals surface area contributed by atoms with E-state index in [1.54, 1.807) is 30.3 Å². The molecule has 0 aliphatic heterocycles. The quantitative estimate of drug-likeness (QED) is 0.388. The van der Waals surface area contributed by atoms with Gasteiger partial charge in [-0.1, -0.05) is 73.2 Å². The first-order valence-corrected chi connectivity index (χ1v) is 14.0. The third-order valence-electron chi connectivity index (χ3n) is 6.15. The molecule has 1 unspecified atom stereocenters. The fraction of sp³-hybridized carbons (Fsp3) is 0.310. The van der Waals surface area contributed by atoms with Crippen LogP contribution in [-0.2, 0) is 26.0 Å². The highest BCUT2D eigenvalue weighted by Crippen LogP contribution is 2.25. The van der Waals surface area contributed by atoms with Crippen molar-refractivity contribution in [3.8, 4) is 0 Å². The first-order chi connectivity index (χ1) is 17.8. The van der Waals surface area contributed by atoms with Gasteiger partial charge in [0.2, 0.25) is 11.8 Å². The van der Waals surface area contributed by atoms with Crippen LogP contribution < -0.4 is 9.62 Å². The van der Waals surface area contributed by atoms with E-state index < -0.39 is 28.5 Å². The number of carbonyl (C=O) groups is 2. The molecule has 0 heterocycles. The predicted molar refractivity (Wildman–Crippen MR) is 147 cm³/mol. The van der Waals surface area contributed by atoms with Gasteiger partial charge in [0.15, 0.2) is 0 Å². The number of hydrogen-bond donors (Lipinski definition) is 1. The molecule has 0 aromatic heterocycles. The van der Waals surface area contributed by atoms with Gasteiger partial charge in [-0.15, -0.1) is 0 Å². The van der Waals surface area contributed by atoms with Crippen LogP contribution in [0, 0.1) is 6.92 Å². The zero-order chi connectivity index (χ0) is 26.8. The lowest BCUT2D eigenvalue weighted by Gasteiger charge is -2.33. The molecule has 1 atom stereocenters. The first kappa shape index (κ1) is 27.9. The fourth-order valence-electron chi connectivity index (χ4n) is 4.15. The monoisotopic (exact) mass is 521 g/mol. The molecular formula is C29H35N3O4S. The van der Waals surface area contributed by atoms with Crippen LogP contribution in [0.25, 0.3) is 0 Å². The lowest BCUT2D eigenvalue weighted by atomic mass is 10.1. The van der Waals surface area contributed by atoms with E-state index in [9.17, 15) is 18.0 Å². The molecule has 0 saturated carbocycles. The predicted octanol–water partition coefficient (Wildman–Crippen LogP) is 4.18. The highest BCUT2D eigenvalue weighted by atomic mass is 32.2. The van der Waals surface area contributed by atoms with Crippen LogP contribution in [0.15, 0.2) is 89.8 Å². The van der Waals surface area contributed by atoms with Gasteiger partial charge in [0, 0.05) is 13.1 Å². The number of anilines is 1. The third-order valence-corrected chi connectivity index (χ3v) is 7.94. The van der Waals surface area contributed by atoms with Crippen molar-refractivity contribution in [1.82, 2.24) is 10.2 Å². The number of benzene rings is 3. The molecule has 0 spiro atoms. The number of nitrogens with zero attached hydrogens (tertiary/aromatic N) is 2. The molecule has 8 heteroatoms. The number of carbonyl (C=O) groups excluding carboxylic acids is 2. The van der Waals surface area contributed by atoms with Crippen molar-refractivity contribution in [1.29, 1.82) is 0 Å². The van der Waals surface area contributed by atoms with Crippen LogP contribution in [0.2, 0.25) is 0 Å². The average Bonchev–Trinajstić information content (AvgIpc) is 2.91. The molecule has 0 aliphatic carbocycles. The highest BCUT2D eigenvalue weighted by Gasteiger charge is 2.33. The molecule has 2 amide bonds. The van der Waals surface area contributed by atoms with E-state index in [0.717, 1.165) is 15.4 Å².